The minimum Gasteiger partial charge on any atom is -0.489 e. The summed E-state index contributed by atoms with van der Waals surface area (Å²) in [6.45, 7) is 3.44. The maximum atomic E-state index is 11.9. The van der Waals surface area contributed by atoms with Crippen molar-refractivity contribution in [1.29, 1.82) is 0 Å². The van der Waals surface area contributed by atoms with E-state index in [4.69, 9.17) is 14.2 Å². The Balaban J connectivity index is 1.66. The molecule has 1 saturated heterocycles. The van der Waals surface area contributed by atoms with E-state index in [1.807, 2.05) is 36.4 Å². The lowest BCUT2D eigenvalue weighted by atomic mass is 10.1. The Morgan fingerprint density at radius 1 is 1.04 bits per heavy atom. The average Bonchev–Trinajstić information content (AvgIpc) is 2.59. The number of carbonyl (C=O) groups excluding carboxylic acids is 2. The van der Waals surface area contributed by atoms with E-state index >= 15 is 0 Å². The van der Waals surface area contributed by atoms with Gasteiger partial charge < -0.3 is 14.2 Å². The SMILES string of the molecule is CC1(C)OC(=O)C(C=Nc2cccc(OCc3ccccc3)c2)C(=O)O1. The van der Waals surface area contributed by atoms with Gasteiger partial charge in [-0.05, 0) is 17.7 Å². The standard InChI is InChI=1S/C20H19NO5/c1-20(2)25-18(22)17(19(23)26-20)12-21-15-9-6-10-16(11-15)24-13-14-7-4-3-5-8-14/h3-12,17H,13H2,1-2H3. The highest BCUT2D eigenvalue weighted by Crippen LogP contribution is 2.24. The third-order valence-electron chi connectivity index (χ3n) is 3.64. The molecule has 1 aliphatic rings. The van der Waals surface area contributed by atoms with Gasteiger partial charge >= 0.3 is 11.9 Å². The first-order valence-corrected chi connectivity index (χ1v) is 8.20. The number of aliphatic imine (C=N–C) groups is 1. The Kier molecular flexibility index (Phi) is 5.02. The summed E-state index contributed by atoms with van der Waals surface area (Å²) in [6.07, 6.45) is 1.23. The monoisotopic (exact) mass is 353 g/mol. The van der Waals surface area contributed by atoms with Crippen LogP contribution in [0.2, 0.25) is 0 Å². The molecule has 2 aromatic rings. The van der Waals surface area contributed by atoms with Crippen LogP contribution in [0, 0.1) is 5.92 Å². The van der Waals surface area contributed by atoms with Crippen molar-refractivity contribution >= 4 is 23.8 Å². The van der Waals surface area contributed by atoms with Gasteiger partial charge in [0.05, 0.1) is 5.69 Å². The predicted molar refractivity (Wildman–Crippen MR) is 95.1 cm³/mol. The van der Waals surface area contributed by atoms with Gasteiger partial charge in [0.1, 0.15) is 12.4 Å². The fourth-order valence-corrected chi connectivity index (χ4v) is 2.41. The van der Waals surface area contributed by atoms with Gasteiger partial charge in [0, 0.05) is 26.1 Å². The number of benzene rings is 2. The van der Waals surface area contributed by atoms with Gasteiger partial charge in [-0.15, -0.1) is 0 Å². The van der Waals surface area contributed by atoms with E-state index in [-0.39, 0.29) is 0 Å². The number of ether oxygens (including phenoxy) is 3. The van der Waals surface area contributed by atoms with Gasteiger partial charge in [-0.2, -0.15) is 0 Å². The quantitative estimate of drug-likeness (QED) is 0.468. The molecule has 1 heterocycles. The van der Waals surface area contributed by atoms with Crippen molar-refractivity contribution in [3.05, 3.63) is 60.2 Å². The van der Waals surface area contributed by atoms with Crippen LogP contribution in [0.5, 0.6) is 5.75 Å². The van der Waals surface area contributed by atoms with Crippen molar-refractivity contribution in [1.82, 2.24) is 0 Å². The van der Waals surface area contributed by atoms with E-state index in [0.29, 0.717) is 18.0 Å². The Bertz CT molecular complexity index is 809. The molecule has 6 heteroatoms. The van der Waals surface area contributed by atoms with Crippen LogP contribution in [-0.4, -0.2) is 23.9 Å². The summed E-state index contributed by atoms with van der Waals surface area (Å²) < 4.78 is 15.9. The van der Waals surface area contributed by atoms with E-state index in [1.54, 1.807) is 18.2 Å². The molecule has 2 aromatic carbocycles. The molecule has 0 aromatic heterocycles. The summed E-state index contributed by atoms with van der Waals surface area (Å²) in [7, 11) is 0. The second-order valence-electron chi connectivity index (χ2n) is 6.27. The fourth-order valence-electron chi connectivity index (χ4n) is 2.41. The Morgan fingerprint density at radius 2 is 1.73 bits per heavy atom. The van der Waals surface area contributed by atoms with Crippen LogP contribution in [0.3, 0.4) is 0 Å². The highest BCUT2D eigenvalue weighted by Gasteiger charge is 2.42. The second-order valence-corrected chi connectivity index (χ2v) is 6.27. The minimum absolute atomic E-state index is 0.435. The minimum atomic E-state index is -1.25. The predicted octanol–water partition coefficient (Wildman–Crippen LogP) is 3.42. The van der Waals surface area contributed by atoms with E-state index in [1.165, 1.54) is 20.1 Å². The highest BCUT2D eigenvalue weighted by atomic mass is 16.7. The van der Waals surface area contributed by atoms with Crippen molar-refractivity contribution in [3.63, 3.8) is 0 Å². The maximum Gasteiger partial charge on any atom is 0.329 e. The molecular formula is C20H19NO5. The van der Waals surface area contributed by atoms with E-state index in [2.05, 4.69) is 4.99 Å². The zero-order chi connectivity index (χ0) is 18.6. The first kappa shape index (κ1) is 17.7. The molecule has 0 unspecified atom stereocenters. The molecular weight excluding hydrogens is 334 g/mol. The van der Waals surface area contributed by atoms with Gasteiger partial charge in [0.25, 0.3) is 5.79 Å². The smallest absolute Gasteiger partial charge is 0.329 e. The largest absolute Gasteiger partial charge is 0.489 e. The third-order valence-corrected chi connectivity index (χ3v) is 3.64. The molecule has 0 atom stereocenters. The second kappa shape index (κ2) is 7.39. The van der Waals surface area contributed by atoms with Crippen molar-refractivity contribution in [2.75, 3.05) is 0 Å². The molecule has 1 aliphatic heterocycles. The lowest BCUT2D eigenvalue weighted by Gasteiger charge is -2.31. The van der Waals surface area contributed by atoms with Crippen molar-refractivity contribution < 1.29 is 23.8 Å². The summed E-state index contributed by atoms with van der Waals surface area (Å²) >= 11 is 0. The average molecular weight is 353 g/mol. The van der Waals surface area contributed by atoms with E-state index in [0.717, 1.165) is 5.56 Å². The van der Waals surface area contributed by atoms with Crippen LogP contribution in [0.15, 0.2) is 59.6 Å². The molecule has 3 rings (SSSR count). The van der Waals surface area contributed by atoms with Crippen LogP contribution < -0.4 is 4.74 Å². The number of esters is 2. The first-order chi connectivity index (χ1) is 12.4. The van der Waals surface area contributed by atoms with Crippen LogP contribution in [-0.2, 0) is 25.7 Å². The van der Waals surface area contributed by atoms with Gasteiger partial charge in [0.15, 0.2) is 5.92 Å². The van der Waals surface area contributed by atoms with E-state index in [9.17, 15) is 9.59 Å². The molecule has 0 radical (unpaired) electrons. The maximum absolute atomic E-state index is 11.9. The molecule has 0 bridgehead atoms. The molecule has 134 valence electrons. The molecule has 0 saturated carbocycles. The summed E-state index contributed by atoms with van der Waals surface area (Å²) in [5.74, 6) is -3.13. The first-order valence-electron chi connectivity index (χ1n) is 8.20. The Hall–Kier alpha value is -3.15. The third kappa shape index (κ3) is 4.47. The van der Waals surface area contributed by atoms with Gasteiger partial charge in [-0.1, -0.05) is 36.4 Å². The number of rotatable bonds is 5. The Labute approximate surface area is 151 Å². The highest BCUT2D eigenvalue weighted by molar-refractivity contribution is 6.10. The van der Waals surface area contributed by atoms with Crippen LogP contribution in [0.4, 0.5) is 5.69 Å². The molecule has 26 heavy (non-hydrogen) atoms. The summed E-state index contributed by atoms with van der Waals surface area (Å²) in [5.41, 5.74) is 1.61. The zero-order valence-corrected chi connectivity index (χ0v) is 14.5. The lowest BCUT2D eigenvalue weighted by Crippen LogP contribution is -2.46. The zero-order valence-electron chi connectivity index (χ0n) is 14.5. The molecule has 0 amide bonds. The number of hydrogen-bond donors (Lipinski definition) is 0. The summed E-state index contributed by atoms with van der Waals surface area (Å²) in [5, 5.41) is 0. The van der Waals surface area contributed by atoms with Crippen molar-refractivity contribution in [3.8, 4) is 5.75 Å². The van der Waals surface area contributed by atoms with Gasteiger partial charge in [0.2, 0.25) is 0 Å². The number of carbonyl (C=O) groups is 2. The summed E-state index contributed by atoms with van der Waals surface area (Å²) in [4.78, 5) is 28.0. The van der Waals surface area contributed by atoms with Gasteiger partial charge in [-0.25, -0.2) is 0 Å². The number of nitrogens with zero attached hydrogens (tertiary/aromatic N) is 1. The van der Waals surface area contributed by atoms with Crippen molar-refractivity contribution in [2.45, 2.75) is 26.2 Å². The topological polar surface area (TPSA) is 74.2 Å². The number of cyclic esters (lactones) is 2. The number of hydrogen-bond acceptors (Lipinski definition) is 6. The Morgan fingerprint density at radius 3 is 2.42 bits per heavy atom. The van der Waals surface area contributed by atoms with Crippen LogP contribution >= 0.6 is 0 Å². The molecule has 0 spiro atoms. The normalized spacial score (nSPS) is 17.0. The molecule has 1 fully saturated rings. The van der Waals surface area contributed by atoms with Crippen LogP contribution in [0.25, 0.3) is 0 Å². The van der Waals surface area contributed by atoms with Crippen LogP contribution in [0.1, 0.15) is 19.4 Å². The molecule has 0 aliphatic carbocycles. The molecule has 0 N–H and O–H groups in total. The van der Waals surface area contributed by atoms with Crippen molar-refractivity contribution in [2.24, 2.45) is 10.9 Å². The summed E-state index contributed by atoms with van der Waals surface area (Å²) in [6, 6.07) is 16.9. The molecule has 6 nitrogen and oxygen atoms in total. The lowest BCUT2D eigenvalue weighted by molar-refractivity contribution is -0.235. The van der Waals surface area contributed by atoms with E-state index < -0.39 is 23.6 Å². The fraction of sp³-hybridized carbons (Fsp3) is 0.250. The van der Waals surface area contributed by atoms with Gasteiger partial charge in [-0.3, -0.25) is 14.6 Å².